The Morgan fingerprint density at radius 1 is 1.26 bits per heavy atom. The van der Waals surface area contributed by atoms with Gasteiger partial charge in [-0.2, -0.15) is 17.4 Å². The number of rotatable bonds is 4. The molecule has 0 bridgehead atoms. The highest BCUT2D eigenvalue weighted by molar-refractivity contribution is 7.87. The van der Waals surface area contributed by atoms with E-state index in [0.717, 1.165) is 25.7 Å². The summed E-state index contributed by atoms with van der Waals surface area (Å²) in [7, 11) is -1.65. The summed E-state index contributed by atoms with van der Waals surface area (Å²) in [4.78, 5) is 0. The van der Waals surface area contributed by atoms with Crippen molar-refractivity contribution in [1.82, 2.24) is 23.8 Å². The summed E-state index contributed by atoms with van der Waals surface area (Å²) in [6.45, 7) is 2.97. The molecule has 0 saturated carbocycles. The molecule has 0 amide bonds. The van der Waals surface area contributed by atoms with E-state index >= 15 is 0 Å². The molecule has 2 rings (SSSR count). The molecule has 1 saturated heterocycles. The second-order valence-corrected chi connectivity index (χ2v) is 6.66. The molecule has 0 aliphatic carbocycles. The fourth-order valence-electron chi connectivity index (χ4n) is 2.32. The van der Waals surface area contributed by atoms with E-state index in [9.17, 15) is 8.42 Å². The zero-order chi connectivity index (χ0) is 13.9. The molecule has 8 heteroatoms. The van der Waals surface area contributed by atoms with Crippen LogP contribution in [0.2, 0.25) is 0 Å². The molecule has 1 unspecified atom stereocenters. The molecule has 1 atom stereocenters. The molecule has 108 valence electrons. The third-order valence-corrected chi connectivity index (χ3v) is 5.06. The molecule has 1 aliphatic rings. The van der Waals surface area contributed by atoms with Crippen molar-refractivity contribution >= 4 is 10.2 Å². The third kappa shape index (κ3) is 3.52. The number of aromatic nitrogens is 3. The quantitative estimate of drug-likeness (QED) is 0.878. The van der Waals surface area contributed by atoms with Crippen molar-refractivity contribution in [3.8, 4) is 0 Å². The molecule has 1 aromatic heterocycles. The maximum absolute atomic E-state index is 12.3. The van der Waals surface area contributed by atoms with E-state index in [-0.39, 0.29) is 6.04 Å². The van der Waals surface area contributed by atoms with Crippen LogP contribution in [0.4, 0.5) is 0 Å². The first kappa shape index (κ1) is 14.4. The van der Waals surface area contributed by atoms with Gasteiger partial charge in [-0.15, -0.1) is 10.2 Å². The first-order chi connectivity index (χ1) is 9.00. The number of nitrogens with zero attached hydrogens (tertiary/aromatic N) is 4. The van der Waals surface area contributed by atoms with Crippen LogP contribution >= 0.6 is 0 Å². The van der Waals surface area contributed by atoms with Crippen molar-refractivity contribution in [2.75, 3.05) is 13.1 Å². The van der Waals surface area contributed by atoms with Crippen LogP contribution in [-0.2, 0) is 17.3 Å². The number of hydrogen-bond acceptors (Lipinski definition) is 4. The van der Waals surface area contributed by atoms with Crippen molar-refractivity contribution in [2.45, 2.75) is 38.6 Å². The smallest absolute Gasteiger partial charge is 0.280 e. The van der Waals surface area contributed by atoms with Crippen LogP contribution in [-0.4, -0.2) is 40.6 Å². The third-order valence-electron chi connectivity index (χ3n) is 3.36. The maximum Gasteiger partial charge on any atom is 0.280 e. The Morgan fingerprint density at radius 2 is 1.89 bits per heavy atom. The maximum atomic E-state index is 12.3. The van der Waals surface area contributed by atoms with Crippen molar-refractivity contribution < 1.29 is 8.42 Å². The molecular formula is C11H21N5O2S. The van der Waals surface area contributed by atoms with Crippen LogP contribution in [0.5, 0.6) is 0 Å². The fourth-order valence-corrected chi connectivity index (χ4v) is 3.76. The molecular weight excluding hydrogens is 266 g/mol. The summed E-state index contributed by atoms with van der Waals surface area (Å²) >= 11 is 0. The largest absolute Gasteiger partial charge is 0.319 e. The summed E-state index contributed by atoms with van der Waals surface area (Å²) in [5, 5.41) is 7.70. The van der Waals surface area contributed by atoms with E-state index in [1.165, 1.54) is 4.31 Å². The van der Waals surface area contributed by atoms with E-state index in [1.807, 2.05) is 0 Å². The van der Waals surface area contributed by atoms with Gasteiger partial charge in [-0.3, -0.25) is 0 Å². The van der Waals surface area contributed by atoms with Gasteiger partial charge in [-0.25, -0.2) is 0 Å². The Hall–Kier alpha value is -0.990. The lowest BCUT2D eigenvalue weighted by molar-refractivity contribution is 0.407. The topological polar surface area (TPSA) is 80.1 Å². The van der Waals surface area contributed by atoms with E-state index in [4.69, 9.17) is 0 Å². The minimum Gasteiger partial charge on any atom is -0.319 e. The van der Waals surface area contributed by atoms with Crippen LogP contribution < -0.4 is 4.72 Å². The predicted molar refractivity (Wildman–Crippen MR) is 71.5 cm³/mol. The Balaban J connectivity index is 2.06. The Labute approximate surface area is 114 Å². The Morgan fingerprint density at radius 3 is 2.42 bits per heavy atom. The predicted octanol–water partition coefficient (Wildman–Crippen LogP) is 0.586. The second kappa shape index (κ2) is 5.98. The molecule has 19 heavy (non-hydrogen) atoms. The van der Waals surface area contributed by atoms with Gasteiger partial charge >= 0.3 is 0 Å². The minimum absolute atomic E-state index is 0.388. The fraction of sp³-hybridized carbons (Fsp3) is 0.818. The van der Waals surface area contributed by atoms with Crippen molar-refractivity contribution in [3.05, 3.63) is 12.2 Å². The second-order valence-electron chi connectivity index (χ2n) is 4.96. The highest BCUT2D eigenvalue weighted by Crippen LogP contribution is 2.15. The van der Waals surface area contributed by atoms with E-state index in [0.29, 0.717) is 18.9 Å². The molecule has 1 aromatic rings. The van der Waals surface area contributed by atoms with Crippen molar-refractivity contribution in [1.29, 1.82) is 0 Å². The summed E-state index contributed by atoms with van der Waals surface area (Å²) in [6.07, 6.45) is 5.63. The molecule has 7 nitrogen and oxygen atoms in total. The normalized spacial score (nSPS) is 20.1. The standard InChI is InChI=1S/C11H21N5O2S/c1-10(11-13-12-9-15(11)2)14-19(17,18)16-7-5-3-4-6-8-16/h9-10,14H,3-8H2,1-2H3. The van der Waals surface area contributed by atoms with Gasteiger partial charge in [0, 0.05) is 20.1 Å². The van der Waals surface area contributed by atoms with Gasteiger partial charge in [0.15, 0.2) is 5.82 Å². The molecule has 1 fully saturated rings. The van der Waals surface area contributed by atoms with Gasteiger partial charge in [0.2, 0.25) is 0 Å². The van der Waals surface area contributed by atoms with Crippen molar-refractivity contribution in [2.24, 2.45) is 7.05 Å². The molecule has 1 aliphatic heterocycles. The lowest BCUT2D eigenvalue weighted by Gasteiger charge is -2.22. The van der Waals surface area contributed by atoms with Crippen LogP contribution in [0.25, 0.3) is 0 Å². The van der Waals surface area contributed by atoms with Crippen molar-refractivity contribution in [3.63, 3.8) is 0 Å². The van der Waals surface area contributed by atoms with Crippen LogP contribution in [0.1, 0.15) is 44.5 Å². The average Bonchev–Trinajstić information content (AvgIpc) is 2.63. The summed E-state index contributed by atoms with van der Waals surface area (Å²) < 4.78 is 30.5. The summed E-state index contributed by atoms with van der Waals surface area (Å²) in [5.41, 5.74) is 0. The first-order valence-electron chi connectivity index (χ1n) is 6.62. The van der Waals surface area contributed by atoms with Crippen LogP contribution in [0, 0.1) is 0 Å². The van der Waals surface area contributed by atoms with Gasteiger partial charge < -0.3 is 4.57 Å². The number of aryl methyl sites for hydroxylation is 1. The monoisotopic (exact) mass is 287 g/mol. The average molecular weight is 287 g/mol. The zero-order valence-electron chi connectivity index (χ0n) is 11.4. The summed E-state index contributed by atoms with van der Waals surface area (Å²) in [6, 6.07) is -0.388. The van der Waals surface area contributed by atoms with Gasteiger partial charge in [0.05, 0.1) is 6.04 Å². The van der Waals surface area contributed by atoms with Gasteiger partial charge in [0.1, 0.15) is 6.33 Å². The first-order valence-corrected chi connectivity index (χ1v) is 8.06. The van der Waals surface area contributed by atoms with E-state index in [1.54, 1.807) is 24.9 Å². The molecule has 2 heterocycles. The number of hydrogen-bond donors (Lipinski definition) is 1. The molecule has 0 radical (unpaired) electrons. The highest BCUT2D eigenvalue weighted by atomic mass is 32.2. The lowest BCUT2D eigenvalue weighted by atomic mass is 10.2. The highest BCUT2D eigenvalue weighted by Gasteiger charge is 2.26. The Kier molecular flexibility index (Phi) is 4.54. The van der Waals surface area contributed by atoms with E-state index < -0.39 is 10.2 Å². The van der Waals surface area contributed by atoms with Gasteiger partial charge in [-0.05, 0) is 19.8 Å². The SMILES string of the molecule is CC(NS(=O)(=O)N1CCCCCC1)c1nncn1C. The number of nitrogens with one attached hydrogen (secondary N) is 1. The lowest BCUT2D eigenvalue weighted by Crippen LogP contribution is -2.42. The van der Waals surface area contributed by atoms with Crippen LogP contribution in [0.15, 0.2) is 6.33 Å². The summed E-state index contributed by atoms with van der Waals surface area (Å²) in [5.74, 6) is 0.610. The zero-order valence-corrected chi connectivity index (χ0v) is 12.2. The van der Waals surface area contributed by atoms with E-state index in [2.05, 4.69) is 14.9 Å². The molecule has 0 spiro atoms. The van der Waals surface area contributed by atoms with Gasteiger partial charge in [-0.1, -0.05) is 12.8 Å². The molecule has 0 aromatic carbocycles. The molecule has 1 N–H and O–H groups in total. The minimum atomic E-state index is -3.45. The Bertz CT molecular complexity index is 505. The van der Waals surface area contributed by atoms with Gasteiger partial charge in [0.25, 0.3) is 10.2 Å². The van der Waals surface area contributed by atoms with Crippen LogP contribution in [0.3, 0.4) is 0 Å².